The van der Waals surface area contributed by atoms with E-state index < -0.39 is 11.2 Å². The van der Waals surface area contributed by atoms with Gasteiger partial charge in [-0.2, -0.15) is 0 Å². The molecule has 1 aromatic carbocycles. The third kappa shape index (κ3) is 2.90. The van der Waals surface area contributed by atoms with E-state index in [1.165, 1.54) is 36.7 Å². The SMILES string of the molecule is O=C(Cn1c(=O)[nH]c(=O)c2ccccc21)N1CCCC2(CCCC2)C1. The summed E-state index contributed by atoms with van der Waals surface area (Å²) in [6, 6.07) is 6.91. The first-order chi connectivity index (χ1) is 12.1. The molecule has 1 aliphatic heterocycles. The predicted octanol–water partition coefficient (Wildman–Crippen LogP) is 1.87. The van der Waals surface area contributed by atoms with Crippen molar-refractivity contribution in [3.8, 4) is 0 Å². The second-order valence-corrected chi connectivity index (χ2v) is 7.49. The van der Waals surface area contributed by atoms with Crippen molar-refractivity contribution < 1.29 is 4.79 Å². The van der Waals surface area contributed by atoms with Crippen molar-refractivity contribution in [3.63, 3.8) is 0 Å². The highest BCUT2D eigenvalue weighted by Crippen LogP contribution is 2.44. The second-order valence-electron chi connectivity index (χ2n) is 7.49. The second kappa shape index (κ2) is 6.17. The molecule has 1 amide bonds. The highest BCUT2D eigenvalue weighted by atomic mass is 16.2. The molecule has 0 bridgehead atoms. The number of carbonyl (C=O) groups excluding carboxylic acids is 1. The van der Waals surface area contributed by atoms with Gasteiger partial charge in [0.1, 0.15) is 6.54 Å². The maximum atomic E-state index is 12.9. The third-order valence-electron chi connectivity index (χ3n) is 5.88. The van der Waals surface area contributed by atoms with E-state index in [2.05, 4.69) is 4.98 Å². The van der Waals surface area contributed by atoms with Crippen molar-refractivity contribution >= 4 is 16.8 Å². The van der Waals surface area contributed by atoms with E-state index in [1.54, 1.807) is 24.3 Å². The lowest BCUT2D eigenvalue weighted by molar-refractivity contribution is -0.135. The van der Waals surface area contributed by atoms with Crippen molar-refractivity contribution in [1.82, 2.24) is 14.5 Å². The zero-order valence-corrected chi connectivity index (χ0v) is 14.3. The Morgan fingerprint density at radius 3 is 2.60 bits per heavy atom. The Labute approximate surface area is 145 Å². The average molecular weight is 341 g/mol. The van der Waals surface area contributed by atoms with Crippen LogP contribution in [0.25, 0.3) is 10.9 Å². The van der Waals surface area contributed by atoms with E-state index in [0.717, 1.165) is 19.5 Å². The number of amides is 1. The number of piperidine rings is 1. The first-order valence-electron chi connectivity index (χ1n) is 9.08. The molecule has 1 aromatic heterocycles. The van der Waals surface area contributed by atoms with Gasteiger partial charge in [-0.3, -0.25) is 19.1 Å². The highest BCUT2D eigenvalue weighted by molar-refractivity contribution is 5.81. The molecule has 1 saturated heterocycles. The Morgan fingerprint density at radius 2 is 1.80 bits per heavy atom. The predicted molar refractivity (Wildman–Crippen MR) is 95.5 cm³/mol. The molecule has 2 fully saturated rings. The van der Waals surface area contributed by atoms with Crippen LogP contribution in [-0.2, 0) is 11.3 Å². The summed E-state index contributed by atoms with van der Waals surface area (Å²) in [4.78, 5) is 41.3. The number of para-hydroxylation sites is 1. The molecule has 1 aliphatic carbocycles. The fourth-order valence-electron chi connectivity index (χ4n) is 4.59. The van der Waals surface area contributed by atoms with Crippen LogP contribution in [0.1, 0.15) is 38.5 Å². The molecule has 2 aromatic rings. The summed E-state index contributed by atoms with van der Waals surface area (Å²) < 4.78 is 1.38. The van der Waals surface area contributed by atoms with Gasteiger partial charge in [0.2, 0.25) is 5.91 Å². The minimum Gasteiger partial charge on any atom is -0.341 e. The van der Waals surface area contributed by atoms with Crippen LogP contribution in [0.4, 0.5) is 0 Å². The summed E-state index contributed by atoms with van der Waals surface area (Å²) in [5.74, 6) is -0.0368. The maximum absolute atomic E-state index is 12.9. The summed E-state index contributed by atoms with van der Waals surface area (Å²) in [6.45, 7) is 1.55. The van der Waals surface area contributed by atoms with Crippen molar-refractivity contribution in [2.45, 2.75) is 45.1 Å². The van der Waals surface area contributed by atoms with Crippen LogP contribution in [-0.4, -0.2) is 33.4 Å². The molecule has 6 nitrogen and oxygen atoms in total. The summed E-state index contributed by atoms with van der Waals surface area (Å²) in [5, 5.41) is 0.431. The van der Waals surface area contributed by atoms with E-state index >= 15 is 0 Å². The normalized spacial score (nSPS) is 19.6. The van der Waals surface area contributed by atoms with Crippen LogP contribution in [0.15, 0.2) is 33.9 Å². The molecule has 4 rings (SSSR count). The molecular formula is C19H23N3O3. The van der Waals surface area contributed by atoms with E-state index in [1.807, 2.05) is 4.90 Å². The lowest BCUT2D eigenvalue weighted by Crippen LogP contribution is -2.47. The lowest BCUT2D eigenvalue weighted by atomic mass is 9.78. The van der Waals surface area contributed by atoms with Gasteiger partial charge in [0.15, 0.2) is 0 Å². The van der Waals surface area contributed by atoms with Gasteiger partial charge in [0.05, 0.1) is 10.9 Å². The molecule has 2 aliphatic rings. The number of hydrogen-bond acceptors (Lipinski definition) is 3. The zero-order valence-electron chi connectivity index (χ0n) is 14.3. The largest absolute Gasteiger partial charge is 0.341 e. The summed E-state index contributed by atoms with van der Waals surface area (Å²) in [6.07, 6.45) is 7.17. The Hall–Kier alpha value is -2.37. The van der Waals surface area contributed by atoms with Gasteiger partial charge in [-0.05, 0) is 43.2 Å². The summed E-state index contributed by atoms with van der Waals surface area (Å²) >= 11 is 0. The lowest BCUT2D eigenvalue weighted by Gasteiger charge is -2.40. The third-order valence-corrected chi connectivity index (χ3v) is 5.88. The van der Waals surface area contributed by atoms with Gasteiger partial charge >= 0.3 is 5.69 Å². The fourth-order valence-corrected chi connectivity index (χ4v) is 4.59. The van der Waals surface area contributed by atoms with Crippen molar-refractivity contribution in [2.24, 2.45) is 5.41 Å². The monoisotopic (exact) mass is 341 g/mol. The number of hydrogen-bond donors (Lipinski definition) is 1. The van der Waals surface area contributed by atoms with Crippen LogP contribution in [0.3, 0.4) is 0 Å². The topological polar surface area (TPSA) is 75.2 Å². The van der Waals surface area contributed by atoms with Gasteiger partial charge in [-0.1, -0.05) is 25.0 Å². The molecule has 132 valence electrons. The number of nitrogens with zero attached hydrogens (tertiary/aromatic N) is 2. The van der Waals surface area contributed by atoms with Crippen molar-refractivity contribution in [3.05, 3.63) is 45.1 Å². The molecule has 0 unspecified atom stereocenters. The van der Waals surface area contributed by atoms with Crippen LogP contribution >= 0.6 is 0 Å². The van der Waals surface area contributed by atoms with Gasteiger partial charge in [0, 0.05) is 13.1 Å². The number of H-pyrrole nitrogens is 1. The Morgan fingerprint density at radius 1 is 1.08 bits per heavy atom. The van der Waals surface area contributed by atoms with Gasteiger partial charge < -0.3 is 4.90 Å². The maximum Gasteiger partial charge on any atom is 0.329 e. The quantitative estimate of drug-likeness (QED) is 0.906. The molecule has 1 saturated carbocycles. The minimum absolute atomic E-state index is 0.0216. The first kappa shape index (κ1) is 16.1. The number of likely N-dealkylation sites (tertiary alicyclic amines) is 1. The Bertz CT molecular complexity index is 921. The van der Waals surface area contributed by atoms with Crippen molar-refractivity contribution in [2.75, 3.05) is 13.1 Å². The smallest absolute Gasteiger partial charge is 0.329 e. The molecule has 6 heteroatoms. The molecule has 1 spiro atoms. The van der Waals surface area contributed by atoms with Gasteiger partial charge in [0.25, 0.3) is 5.56 Å². The van der Waals surface area contributed by atoms with Gasteiger partial charge in [-0.25, -0.2) is 4.79 Å². The van der Waals surface area contributed by atoms with E-state index in [9.17, 15) is 14.4 Å². The molecule has 2 heterocycles. The molecular weight excluding hydrogens is 318 g/mol. The molecule has 1 N–H and O–H groups in total. The molecule has 0 atom stereocenters. The van der Waals surface area contributed by atoms with E-state index in [0.29, 0.717) is 16.3 Å². The summed E-state index contributed by atoms with van der Waals surface area (Å²) in [5.41, 5.74) is -0.125. The number of fused-ring (bicyclic) bond motifs is 1. The standard InChI is InChI=1S/C19H23N3O3/c23-16(21-11-5-10-19(13-21)8-3-4-9-19)12-22-15-7-2-1-6-14(15)17(24)20-18(22)25/h1-2,6-7H,3-5,8-13H2,(H,20,24,25). The first-order valence-corrected chi connectivity index (χ1v) is 9.08. The van der Waals surface area contributed by atoms with Crippen LogP contribution < -0.4 is 11.2 Å². The van der Waals surface area contributed by atoms with Crippen LogP contribution in [0.5, 0.6) is 0 Å². The number of aromatic amines is 1. The highest BCUT2D eigenvalue weighted by Gasteiger charge is 2.39. The van der Waals surface area contributed by atoms with Crippen molar-refractivity contribution in [1.29, 1.82) is 0 Å². The van der Waals surface area contributed by atoms with E-state index in [-0.39, 0.29) is 12.5 Å². The fraction of sp³-hybridized carbons (Fsp3) is 0.526. The number of nitrogens with one attached hydrogen (secondary N) is 1. The summed E-state index contributed by atoms with van der Waals surface area (Å²) in [7, 11) is 0. The average Bonchev–Trinajstić information content (AvgIpc) is 3.06. The Balaban J connectivity index is 1.62. The van der Waals surface area contributed by atoms with Gasteiger partial charge in [-0.15, -0.1) is 0 Å². The van der Waals surface area contributed by atoms with Crippen LogP contribution in [0, 0.1) is 5.41 Å². The zero-order chi connectivity index (χ0) is 17.4. The number of rotatable bonds is 2. The number of benzene rings is 1. The Kier molecular flexibility index (Phi) is 3.98. The number of carbonyl (C=O) groups is 1. The minimum atomic E-state index is -0.523. The number of aromatic nitrogens is 2. The van der Waals surface area contributed by atoms with Crippen LogP contribution in [0.2, 0.25) is 0 Å². The van der Waals surface area contributed by atoms with E-state index in [4.69, 9.17) is 0 Å². The molecule has 0 radical (unpaired) electrons. The molecule has 25 heavy (non-hydrogen) atoms.